The minimum atomic E-state index is 0.557. The maximum absolute atomic E-state index is 10.1. The molecule has 0 aliphatic carbocycles. The van der Waals surface area contributed by atoms with Crippen molar-refractivity contribution < 1.29 is 4.79 Å². The molecule has 0 aromatic heterocycles. The predicted octanol–water partition coefficient (Wildman–Crippen LogP) is 3.51. The molecule has 0 radical (unpaired) electrons. The van der Waals surface area contributed by atoms with Gasteiger partial charge in [-0.1, -0.05) is 25.4 Å². The van der Waals surface area contributed by atoms with E-state index in [9.17, 15) is 4.79 Å². The highest BCUT2D eigenvalue weighted by molar-refractivity contribution is 6.30. The second-order valence-electron chi connectivity index (χ2n) is 3.62. The number of halogens is 1. The van der Waals surface area contributed by atoms with Gasteiger partial charge in [-0.25, -0.2) is 4.79 Å². The zero-order valence-corrected chi connectivity index (χ0v) is 9.01. The summed E-state index contributed by atoms with van der Waals surface area (Å²) in [5.74, 6) is 0.557. The highest BCUT2D eigenvalue weighted by Gasteiger charge is 2.01. The summed E-state index contributed by atoms with van der Waals surface area (Å²) in [6, 6.07) is 5.40. The van der Waals surface area contributed by atoms with Gasteiger partial charge in [0.1, 0.15) is 0 Å². The van der Waals surface area contributed by atoms with Crippen molar-refractivity contribution in [2.24, 2.45) is 10.9 Å². The Morgan fingerprint density at radius 1 is 1.43 bits per heavy atom. The van der Waals surface area contributed by atoms with Gasteiger partial charge < -0.3 is 0 Å². The summed E-state index contributed by atoms with van der Waals surface area (Å²) in [5, 5.41) is 0.608. The first-order valence-corrected chi connectivity index (χ1v) is 4.87. The van der Waals surface area contributed by atoms with E-state index in [1.807, 2.05) is 12.1 Å². The molecule has 74 valence electrons. The lowest BCUT2D eigenvalue weighted by molar-refractivity contribution is 0.565. The summed E-state index contributed by atoms with van der Waals surface area (Å²) in [6.07, 6.45) is 2.44. The average molecular weight is 210 g/mol. The molecule has 0 atom stereocenters. The molecule has 3 heteroatoms. The zero-order valence-electron chi connectivity index (χ0n) is 8.25. The van der Waals surface area contributed by atoms with Crippen LogP contribution in [0.3, 0.4) is 0 Å². The first-order chi connectivity index (χ1) is 6.61. The molecule has 0 saturated heterocycles. The quantitative estimate of drug-likeness (QED) is 0.553. The standard InChI is InChI=1S/C11H12ClNO/c1-8(2)3-9-4-10(12)6-11(5-9)13-7-14/h4-6,8H,3H2,1-2H3. The molecular weight excluding hydrogens is 198 g/mol. The summed E-state index contributed by atoms with van der Waals surface area (Å²) in [7, 11) is 0. The molecule has 0 fully saturated rings. The Morgan fingerprint density at radius 3 is 2.71 bits per heavy atom. The van der Waals surface area contributed by atoms with Crippen LogP contribution in [0.1, 0.15) is 19.4 Å². The maximum Gasteiger partial charge on any atom is 0.240 e. The number of rotatable bonds is 3. The fourth-order valence-corrected chi connectivity index (χ4v) is 1.59. The van der Waals surface area contributed by atoms with Crippen molar-refractivity contribution in [3.63, 3.8) is 0 Å². The monoisotopic (exact) mass is 209 g/mol. The van der Waals surface area contributed by atoms with Gasteiger partial charge in [-0.15, -0.1) is 0 Å². The topological polar surface area (TPSA) is 29.4 Å². The second kappa shape index (κ2) is 4.94. The third kappa shape index (κ3) is 3.33. The van der Waals surface area contributed by atoms with Crippen molar-refractivity contribution in [1.29, 1.82) is 0 Å². The molecule has 1 rings (SSSR count). The molecule has 0 heterocycles. The van der Waals surface area contributed by atoms with E-state index < -0.39 is 0 Å². The Bertz CT molecular complexity index is 368. The molecule has 0 unspecified atom stereocenters. The molecule has 0 saturated carbocycles. The van der Waals surface area contributed by atoms with Gasteiger partial charge in [-0.05, 0) is 36.1 Å². The Labute approximate surface area is 88.6 Å². The van der Waals surface area contributed by atoms with Crippen LogP contribution in [0.2, 0.25) is 5.02 Å². The predicted molar refractivity (Wildman–Crippen MR) is 57.8 cm³/mol. The Morgan fingerprint density at radius 2 is 2.14 bits per heavy atom. The van der Waals surface area contributed by atoms with Gasteiger partial charge in [0.2, 0.25) is 6.08 Å². The van der Waals surface area contributed by atoms with Crippen LogP contribution in [0, 0.1) is 5.92 Å². The van der Waals surface area contributed by atoms with Gasteiger partial charge in [0.15, 0.2) is 0 Å². The highest BCUT2D eigenvalue weighted by atomic mass is 35.5. The van der Waals surface area contributed by atoms with Crippen LogP contribution in [0.5, 0.6) is 0 Å². The number of carbonyl (C=O) groups excluding carboxylic acids is 1. The normalized spacial score (nSPS) is 10.0. The molecule has 14 heavy (non-hydrogen) atoms. The SMILES string of the molecule is CC(C)Cc1cc(Cl)cc(N=C=O)c1. The zero-order chi connectivity index (χ0) is 10.6. The van der Waals surface area contributed by atoms with Crippen LogP contribution in [-0.2, 0) is 11.2 Å². The van der Waals surface area contributed by atoms with E-state index >= 15 is 0 Å². The van der Waals surface area contributed by atoms with E-state index in [-0.39, 0.29) is 0 Å². The molecule has 0 aliphatic rings. The van der Waals surface area contributed by atoms with Crippen LogP contribution in [0.4, 0.5) is 5.69 Å². The van der Waals surface area contributed by atoms with E-state index in [4.69, 9.17) is 11.6 Å². The summed E-state index contributed by atoms with van der Waals surface area (Å²) >= 11 is 5.88. The fraction of sp³-hybridized carbons (Fsp3) is 0.364. The number of benzene rings is 1. The van der Waals surface area contributed by atoms with E-state index in [2.05, 4.69) is 18.8 Å². The van der Waals surface area contributed by atoms with Crippen molar-refractivity contribution in [3.8, 4) is 0 Å². The third-order valence-electron chi connectivity index (χ3n) is 1.76. The molecule has 2 nitrogen and oxygen atoms in total. The number of hydrogen-bond donors (Lipinski definition) is 0. The van der Waals surface area contributed by atoms with Crippen LogP contribution < -0.4 is 0 Å². The molecular formula is C11H12ClNO. The van der Waals surface area contributed by atoms with Gasteiger partial charge in [0.05, 0.1) is 5.69 Å². The molecule has 0 spiro atoms. The van der Waals surface area contributed by atoms with Gasteiger partial charge in [0.25, 0.3) is 0 Å². The minimum Gasteiger partial charge on any atom is -0.211 e. The van der Waals surface area contributed by atoms with Crippen LogP contribution in [0.25, 0.3) is 0 Å². The summed E-state index contributed by atoms with van der Waals surface area (Å²) < 4.78 is 0. The van der Waals surface area contributed by atoms with Gasteiger partial charge >= 0.3 is 0 Å². The summed E-state index contributed by atoms with van der Waals surface area (Å²) in [5.41, 5.74) is 1.67. The van der Waals surface area contributed by atoms with Gasteiger partial charge in [-0.2, -0.15) is 4.99 Å². The lowest BCUT2D eigenvalue weighted by Gasteiger charge is -2.05. The van der Waals surface area contributed by atoms with Crippen LogP contribution in [-0.4, -0.2) is 6.08 Å². The van der Waals surface area contributed by atoms with Crippen molar-refractivity contribution in [2.75, 3.05) is 0 Å². The van der Waals surface area contributed by atoms with E-state index in [1.165, 1.54) is 6.08 Å². The molecule has 0 bridgehead atoms. The molecule has 0 aliphatic heterocycles. The van der Waals surface area contributed by atoms with E-state index in [1.54, 1.807) is 6.07 Å². The number of nitrogens with zero attached hydrogens (tertiary/aromatic N) is 1. The van der Waals surface area contributed by atoms with Crippen molar-refractivity contribution in [2.45, 2.75) is 20.3 Å². The Balaban J connectivity index is 3.00. The number of hydrogen-bond acceptors (Lipinski definition) is 2. The van der Waals surface area contributed by atoms with E-state index in [0.717, 1.165) is 12.0 Å². The minimum absolute atomic E-state index is 0.557. The van der Waals surface area contributed by atoms with Gasteiger partial charge in [-0.3, -0.25) is 0 Å². The summed E-state index contributed by atoms with van der Waals surface area (Å²) in [4.78, 5) is 13.6. The average Bonchev–Trinajstić information content (AvgIpc) is 2.01. The fourth-order valence-electron chi connectivity index (χ4n) is 1.34. The molecule has 0 N–H and O–H groups in total. The number of aliphatic imine (C=N–C) groups is 1. The smallest absolute Gasteiger partial charge is 0.211 e. The number of isocyanates is 1. The molecule has 1 aromatic carbocycles. The van der Waals surface area contributed by atoms with Crippen molar-refractivity contribution >= 4 is 23.4 Å². The summed E-state index contributed by atoms with van der Waals surface area (Å²) in [6.45, 7) is 4.26. The van der Waals surface area contributed by atoms with Crippen LogP contribution >= 0.6 is 11.6 Å². The first kappa shape index (κ1) is 11.0. The first-order valence-electron chi connectivity index (χ1n) is 4.49. The van der Waals surface area contributed by atoms with Gasteiger partial charge in [0, 0.05) is 5.02 Å². The third-order valence-corrected chi connectivity index (χ3v) is 1.98. The lowest BCUT2D eigenvalue weighted by atomic mass is 10.0. The van der Waals surface area contributed by atoms with Crippen LogP contribution in [0.15, 0.2) is 23.2 Å². The highest BCUT2D eigenvalue weighted by Crippen LogP contribution is 2.22. The Kier molecular flexibility index (Phi) is 3.87. The second-order valence-corrected chi connectivity index (χ2v) is 4.06. The van der Waals surface area contributed by atoms with E-state index in [0.29, 0.717) is 16.6 Å². The lowest BCUT2D eigenvalue weighted by Crippen LogP contribution is -1.93. The molecule has 0 amide bonds. The Hall–Kier alpha value is -1.11. The van der Waals surface area contributed by atoms with Crippen molar-refractivity contribution in [3.05, 3.63) is 28.8 Å². The maximum atomic E-state index is 10.1. The van der Waals surface area contributed by atoms with Crippen molar-refractivity contribution in [1.82, 2.24) is 0 Å². The largest absolute Gasteiger partial charge is 0.240 e. The molecule has 1 aromatic rings.